The molecule has 186 valence electrons. The molecular formula is C28H27N7OS. The van der Waals surface area contributed by atoms with Crippen molar-refractivity contribution in [2.75, 3.05) is 50.6 Å². The average Bonchev–Trinajstić information content (AvgIpc) is 2.95. The van der Waals surface area contributed by atoms with Crippen molar-refractivity contribution in [3.63, 3.8) is 0 Å². The van der Waals surface area contributed by atoms with Crippen molar-refractivity contribution < 1.29 is 4.74 Å². The number of anilines is 3. The fourth-order valence-electron chi connectivity index (χ4n) is 4.48. The number of likely N-dealkylation sites (N-methyl/N-ethyl adjacent to an activating group) is 1. The van der Waals surface area contributed by atoms with Crippen molar-refractivity contribution in [2.45, 2.75) is 9.79 Å². The number of ether oxygens (including phenoxy) is 1. The molecule has 1 saturated heterocycles. The Balaban J connectivity index is 1.22. The molecule has 1 aliphatic heterocycles. The molecule has 0 bridgehead atoms. The minimum absolute atomic E-state index is 0.699. The standard InChI is InChI=1S/C28H27N7OS/c1-34-13-15-35(16-14-34)28-23-6-4-3-5-22(23)27(32-33-28)31-19-7-9-21(10-8-19)37-25-11-12-29-24-17-20(36-2)18-30-26(24)25/h3-12,17-18H,13-16H2,1-2H3,(H,31,32). The number of hydrogen-bond donors (Lipinski definition) is 1. The summed E-state index contributed by atoms with van der Waals surface area (Å²) in [5.74, 6) is 2.41. The minimum Gasteiger partial charge on any atom is -0.495 e. The van der Waals surface area contributed by atoms with Gasteiger partial charge in [-0.05, 0) is 37.4 Å². The number of fused-ring (bicyclic) bond motifs is 2. The first-order valence-corrected chi connectivity index (χ1v) is 13.0. The molecule has 37 heavy (non-hydrogen) atoms. The maximum Gasteiger partial charge on any atom is 0.161 e. The molecule has 2 aromatic carbocycles. The first-order valence-electron chi connectivity index (χ1n) is 12.2. The summed E-state index contributed by atoms with van der Waals surface area (Å²) in [7, 11) is 3.79. The highest BCUT2D eigenvalue weighted by Crippen LogP contribution is 2.34. The van der Waals surface area contributed by atoms with Gasteiger partial charge in [-0.1, -0.05) is 36.0 Å². The zero-order valence-electron chi connectivity index (χ0n) is 20.8. The first-order chi connectivity index (χ1) is 18.2. The van der Waals surface area contributed by atoms with Crippen LogP contribution in [0.4, 0.5) is 17.3 Å². The SMILES string of the molecule is COc1cnc2c(Sc3ccc(Nc4nnc(N5CCN(C)CC5)c5ccccc45)cc3)ccnc2c1. The van der Waals surface area contributed by atoms with Crippen molar-refractivity contribution in [3.8, 4) is 5.75 Å². The van der Waals surface area contributed by atoms with Crippen LogP contribution in [0.5, 0.6) is 5.75 Å². The number of piperazine rings is 1. The van der Waals surface area contributed by atoms with Crippen LogP contribution in [0.1, 0.15) is 0 Å². The third-order valence-corrected chi connectivity index (χ3v) is 7.62. The molecule has 0 aliphatic carbocycles. The molecule has 0 unspecified atom stereocenters. The van der Waals surface area contributed by atoms with Gasteiger partial charge in [-0.15, -0.1) is 10.2 Å². The van der Waals surface area contributed by atoms with E-state index in [2.05, 4.69) is 84.8 Å². The zero-order valence-corrected chi connectivity index (χ0v) is 21.6. The molecule has 9 heteroatoms. The maximum absolute atomic E-state index is 5.28. The fraction of sp³-hybridized carbons (Fsp3) is 0.214. The highest BCUT2D eigenvalue weighted by Gasteiger charge is 2.19. The van der Waals surface area contributed by atoms with Crippen molar-refractivity contribution >= 4 is 50.9 Å². The van der Waals surface area contributed by atoms with Crippen LogP contribution >= 0.6 is 11.8 Å². The lowest BCUT2D eigenvalue weighted by molar-refractivity contribution is 0.312. The minimum atomic E-state index is 0.699. The maximum atomic E-state index is 5.28. The number of benzene rings is 2. The number of hydrogen-bond acceptors (Lipinski definition) is 9. The van der Waals surface area contributed by atoms with Crippen LogP contribution in [0.25, 0.3) is 21.8 Å². The van der Waals surface area contributed by atoms with Crippen LogP contribution in [0.15, 0.2) is 82.8 Å². The number of aromatic nitrogens is 4. The van der Waals surface area contributed by atoms with Gasteiger partial charge in [0.05, 0.1) is 18.8 Å². The Hall–Kier alpha value is -3.95. The average molecular weight is 510 g/mol. The van der Waals surface area contributed by atoms with Crippen molar-refractivity contribution in [2.24, 2.45) is 0 Å². The summed E-state index contributed by atoms with van der Waals surface area (Å²) in [6.45, 7) is 3.97. The third kappa shape index (κ3) is 4.87. The van der Waals surface area contributed by atoms with Gasteiger partial charge in [-0.2, -0.15) is 0 Å². The topological polar surface area (TPSA) is 79.3 Å². The molecule has 0 spiro atoms. The lowest BCUT2D eigenvalue weighted by Crippen LogP contribution is -2.45. The lowest BCUT2D eigenvalue weighted by Gasteiger charge is -2.33. The smallest absolute Gasteiger partial charge is 0.161 e. The summed E-state index contributed by atoms with van der Waals surface area (Å²) >= 11 is 1.66. The summed E-state index contributed by atoms with van der Waals surface area (Å²) in [6.07, 6.45) is 3.53. The van der Waals surface area contributed by atoms with Gasteiger partial charge < -0.3 is 19.9 Å². The number of rotatable bonds is 6. The Bertz CT molecular complexity index is 1550. The van der Waals surface area contributed by atoms with Gasteiger partial charge in [0, 0.05) is 64.7 Å². The Labute approximate surface area is 219 Å². The van der Waals surface area contributed by atoms with Crippen molar-refractivity contribution in [1.29, 1.82) is 0 Å². The number of pyridine rings is 2. The summed E-state index contributed by atoms with van der Waals surface area (Å²) in [6, 6.07) is 20.5. The van der Waals surface area contributed by atoms with Gasteiger partial charge in [0.1, 0.15) is 11.3 Å². The second-order valence-electron chi connectivity index (χ2n) is 9.01. The molecule has 4 heterocycles. The Morgan fingerprint density at radius 3 is 2.46 bits per heavy atom. The van der Waals surface area contributed by atoms with Crippen LogP contribution in [0.3, 0.4) is 0 Å². The third-order valence-electron chi connectivity index (χ3n) is 6.57. The predicted octanol–water partition coefficient (Wildman–Crippen LogP) is 5.23. The summed E-state index contributed by atoms with van der Waals surface area (Å²) in [5.41, 5.74) is 2.63. The summed E-state index contributed by atoms with van der Waals surface area (Å²) < 4.78 is 5.28. The van der Waals surface area contributed by atoms with Crippen LogP contribution in [-0.4, -0.2) is 65.4 Å². The molecule has 6 rings (SSSR count). The Morgan fingerprint density at radius 2 is 1.68 bits per heavy atom. The Morgan fingerprint density at radius 1 is 0.892 bits per heavy atom. The quantitative estimate of drug-likeness (QED) is 0.331. The van der Waals surface area contributed by atoms with E-state index in [0.29, 0.717) is 5.75 Å². The molecule has 1 N–H and O–H groups in total. The van der Waals surface area contributed by atoms with Crippen LogP contribution in [0.2, 0.25) is 0 Å². The van der Waals surface area contributed by atoms with E-state index in [1.165, 1.54) is 0 Å². The fourth-order valence-corrected chi connectivity index (χ4v) is 5.39. The van der Waals surface area contributed by atoms with E-state index in [4.69, 9.17) is 4.74 Å². The van der Waals surface area contributed by atoms with E-state index < -0.39 is 0 Å². The molecule has 0 saturated carbocycles. The molecular weight excluding hydrogens is 482 g/mol. The van der Waals surface area contributed by atoms with Gasteiger partial charge in [0.15, 0.2) is 11.6 Å². The molecule has 1 aliphatic rings. The molecule has 0 amide bonds. The van der Waals surface area contributed by atoms with Crippen molar-refractivity contribution in [3.05, 3.63) is 73.1 Å². The van der Waals surface area contributed by atoms with Crippen LogP contribution in [0, 0.1) is 0 Å². The monoisotopic (exact) mass is 509 g/mol. The molecule has 3 aromatic heterocycles. The van der Waals surface area contributed by atoms with Gasteiger partial charge >= 0.3 is 0 Å². The van der Waals surface area contributed by atoms with E-state index in [9.17, 15) is 0 Å². The number of nitrogens with zero attached hydrogens (tertiary/aromatic N) is 6. The van der Waals surface area contributed by atoms with Gasteiger partial charge in [0.2, 0.25) is 0 Å². The van der Waals surface area contributed by atoms with Crippen LogP contribution < -0.4 is 15.0 Å². The first kappa shape index (κ1) is 23.4. The highest BCUT2D eigenvalue weighted by molar-refractivity contribution is 7.99. The molecule has 0 atom stereocenters. The summed E-state index contributed by atoms with van der Waals surface area (Å²) in [5, 5.41) is 14.9. The lowest BCUT2D eigenvalue weighted by atomic mass is 10.1. The second kappa shape index (κ2) is 10.2. The van der Waals surface area contributed by atoms with E-state index >= 15 is 0 Å². The molecule has 0 radical (unpaired) electrons. The van der Waals surface area contributed by atoms with E-state index in [0.717, 1.165) is 75.1 Å². The van der Waals surface area contributed by atoms with Gasteiger partial charge in [-0.25, -0.2) is 4.98 Å². The van der Waals surface area contributed by atoms with Gasteiger partial charge in [-0.3, -0.25) is 4.98 Å². The molecule has 8 nitrogen and oxygen atoms in total. The normalized spacial score (nSPS) is 14.3. The number of nitrogens with one attached hydrogen (secondary N) is 1. The highest BCUT2D eigenvalue weighted by atomic mass is 32.2. The van der Waals surface area contributed by atoms with Crippen molar-refractivity contribution in [1.82, 2.24) is 25.1 Å². The van der Waals surface area contributed by atoms with Gasteiger partial charge in [0.25, 0.3) is 0 Å². The number of methoxy groups -OCH3 is 1. The van der Waals surface area contributed by atoms with E-state index in [1.54, 1.807) is 31.3 Å². The van der Waals surface area contributed by atoms with Crippen LogP contribution in [-0.2, 0) is 0 Å². The Kier molecular flexibility index (Phi) is 6.46. The van der Waals surface area contributed by atoms with E-state index in [1.807, 2.05) is 18.2 Å². The summed E-state index contributed by atoms with van der Waals surface area (Å²) in [4.78, 5) is 15.8. The predicted molar refractivity (Wildman–Crippen MR) is 149 cm³/mol. The zero-order chi connectivity index (χ0) is 25.2. The largest absolute Gasteiger partial charge is 0.495 e. The second-order valence-corrected chi connectivity index (χ2v) is 10.1. The molecule has 1 fully saturated rings. The molecule has 5 aromatic rings. The van der Waals surface area contributed by atoms with E-state index in [-0.39, 0.29) is 0 Å².